The van der Waals surface area contributed by atoms with Gasteiger partial charge in [0.05, 0.1) is 5.52 Å². The van der Waals surface area contributed by atoms with Crippen molar-refractivity contribution in [3.05, 3.63) is 89.7 Å². The van der Waals surface area contributed by atoms with E-state index in [1.807, 2.05) is 66.2 Å². The summed E-state index contributed by atoms with van der Waals surface area (Å²) in [6.07, 6.45) is 1.89. The predicted octanol–water partition coefficient (Wildman–Crippen LogP) is 3.69. The highest BCUT2D eigenvalue weighted by molar-refractivity contribution is 6.06. The van der Waals surface area contributed by atoms with Crippen molar-refractivity contribution >= 4 is 28.1 Å². The number of nitrogens with one attached hydrogen (secondary N) is 1. The number of benzene rings is 2. The molecule has 0 atom stereocenters. The number of anilines is 1. The first kappa shape index (κ1) is 17.9. The lowest BCUT2D eigenvalue weighted by atomic mass is 10.1. The van der Waals surface area contributed by atoms with Gasteiger partial charge in [-0.2, -0.15) is 4.98 Å². The Morgan fingerprint density at radius 3 is 2.63 bits per heavy atom. The molecular weight excluding hydrogens is 376 g/mol. The third-order valence-electron chi connectivity index (χ3n) is 5.18. The molecular formula is C23H20N6O. The Labute approximate surface area is 172 Å². The summed E-state index contributed by atoms with van der Waals surface area (Å²) in [5, 5.41) is 8.91. The maximum absolute atomic E-state index is 11.9. The molecule has 0 unspecified atom stereocenters. The van der Waals surface area contributed by atoms with E-state index in [4.69, 9.17) is 15.8 Å². The molecule has 0 aliphatic rings. The van der Waals surface area contributed by atoms with Crippen LogP contribution in [0.3, 0.4) is 0 Å². The Kier molecular flexibility index (Phi) is 4.21. The molecule has 148 valence electrons. The van der Waals surface area contributed by atoms with Crippen LogP contribution >= 0.6 is 0 Å². The minimum atomic E-state index is -0.454. The number of fused-ring (bicyclic) bond motifs is 2. The third kappa shape index (κ3) is 2.97. The van der Waals surface area contributed by atoms with Crippen molar-refractivity contribution in [2.24, 2.45) is 5.73 Å². The highest BCUT2D eigenvalue weighted by atomic mass is 16.1. The lowest BCUT2D eigenvalue weighted by molar-refractivity contribution is 0.100. The molecule has 0 radical (unpaired) electrons. The van der Waals surface area contributed by atoms with Gasteiger partial charge in [0, 0.05) is 29.4 Å². The maximum Gasteiger partial charge on any atom is 0.254 e. The van der Waals surface area contributed by atoms with Crippen LogP contribution in [0.2, 0.25) is 0 Å². The molecule has 1 amide bonds. The zero-order valence-corrected chi connectivity index (χ0v) is 16.4. The first-order valence-corrected chi connectivity index (χ1v) is 9.66. The van der Waals surface area contributed by atoms with Crippen LogP contribution in [0.15, 0.2) is 72.9 Å². The second-order valence-corrected chi connectivity index (χ2v) is 7.16. The fraction of sp³-hybridized carbons (Fsp3) is 0.0870. The smallest absolute Gasteiger partial charge is 0.254 e. The monoisotopic (exact) mass is 396 g/mol. The number of hydrogen-bond donors (Lipinski definition) is 2. The number of primary amides is 1. The van der Waals surface area contributed by atoms with Crippen molar-refractivity contribution in [1.29, 1.82) is 0 Å². The van der Waals surface area contributed by atoms with Crippen LogP contribution in [0.4, 0.5) is 5.82 Å². The molecule has 3 heterocycles. The molecule has 5 rings (SSSR count). The van der Waals surface area contributed by atoms with E-state index in [1.54, 1.807) is 10.6 Å². The van der Waals surface area contributed by atoms with Crippen molar-refractivity contribution in [2.75, 3.05) is 5.32 Å². The maximum atomic E-state index is 11.9. The van der Waals surface area contributed by atoms with E-state index in [-0.39, 0.29) is 0 Å². The van der Waals surface area contributed by atoms with Crippen molar-refractivity contribution in [3.8, 4) is 5.95 Å². The molecule has 7 heteroatoms. The largest absolute Gasteiger partial charge is 0.366 e. The Morgan fingerprint density at radius 2 is 1.83 bits per heavy atom. The topological polar surface area (TPSA) is 90.2 Å². The Balaban J connectivity index is 1.64. The molecule has 0 spiro atoms. The van der Waals surface area contributed by atoms with Crippen LogP contribution in [-0.2, 0) is 6.54 Å². The van der Waals surface area contributed by atoms with Crippen molar-refractivity contribution in [3.63, 3.8) is 0 Å². The van der Waals surface area contributed by atoms with Gasteiger partial charge in [-0.05, 0) is 42.8 Å². The SMILES string of the molecule is Cc1cc2c(C(N)=O)cccc2n1-c1nc(NCc2ccccc2)c2cccn2n1. The molecule has 3 aromatic heterocycles. The van der Waals surface area contributed by atoms with Crippen LogP contribution in [0.5, 0.6) is 0 Å². The zero-order valence-electron chi connectivity index (χ0n) is 16.4. The number of aromatic nitrogens is 4. The van der Waals surface area contributed by atoms with E-state index in [2.05, 4.69) is 17.4 Å². The molecule has 30 heavy (non-hydrogen) atoms. The van der Waals surface area contributed by atoms with Crippen LogP contribution in [0.25, 0.3) is 22.4 Å². The third-order valence-corrected chi connectivity index (χ3v) is 5.18. The van der Waals surface area contributed by atoms with E-state index in [1.165, 1.54) is 0 Å². The molecule has 2 aromatic carbocycles. The number of aryl methyl sites for hydroxylation is 1. The first-order chi connectivity index (χ1) is 14.6. The number of carbonyl (C=O) groups is 1. The fourth-order valence-corrected chi connectivity index (χ4v) is 3.77. The number of amides is 1. The average Bonchev–Trinajstić information content (AvgIpc) is 3.35. The highest BCUT2D eigenvalue weighted by Crippen LogP contribution is 2.26. The van der Waals surface area contributed by atoms with E-state index in [0.29, 0.717) is 18.1 Å². The number of carbonyl (C=O) groups excluding carboxylic acids is 1. The molecule has 0 fully saturated rings. The quantitative estimate of drug-likeness (QED) is 0.474. The second kappa shape index (κ2) is 7.04. The highest BCUT2D eigenvalue weighted by Gasteiger charge is 2.17. The molecule has 0 saturated carbocycles. The molecule has 0 aliphatic carbocycles. The van der Waals surface area contributed by atoms with Crippen molar-refractivity contribution in [2.45, 2.75) is 13.5 Å². The summed E-state index contributed by atoms with van der Waals surface area (Å²) in [6, 6.07) is 21.5. The first-order valence-electron chi connectivity index (χ1n) is 9.66. The molecule has 5 aromatic rings. The van der Waals surface area contributed by atoms with Crippen LogP contribution < -0.4 is 11.1 Å². The van der Waals surface area contributed by atoms with Crippen LogP contribution in [0, 0.1) is 6.92 Å². The molecule has 7 nitrogen and oxygen atoms in total. The number of nitrogens with zero attached hydrogens (tertiary/aromatic N) is 4. The summed E-state index contributed by atoms with van der Waals surface area (Å²) in [7, 11) is 0. The van der Waals surface area contributed by atoms with E-state index < -0.39 is 5.91 Å². The van der Waals surface area contributed by atoms with Gasteiger partial charge in [0.25, 0.3) is 5.95 Å². The van der Waals surface area contributed by atoms with E-state index >= 15 is 0 Å². The normalized spacial score (nSPS) is 11.2. The van der Waals surface area contributed by atoms with Crippen molar-refractivity contribution < 1.29 is 4.79 Å². The number of hydrogen-bond acceptors (Lipinski definition) is 4. The van der Waals surface area contributed by atoms with Gasteiger partial charge in [0.1, 0.15) is 5.52 Å². The summed E-state index contributed by atoms with van der Waals surface area (Å²) in [5.41, 5.74) is 9.86. The summed E-state index contributed by atoms with van der Waals surface area (Å²) in [5.74, 6) is 0.800. The van der Waals surface area contributed by atoms with Gasteiger partial charge in [0.2, 0.25) is 5.91 Å². The van der Waals surface area contributed by atoms with Crippen LogP contribution in [-0.4, -0.2) is 25.1 Å². The van der Waals surface area contributed by atoms with Crippen molar-refractivity contribution in [1.82, 2.24) is 19.2 Å². The molecule has 0 bridgehead atoms. The summed E-state index contributed by atoms with van der Waals surface area (Å²) in [6.45, 7) is 2.61. The fourth-order valence-electron chi connectivity index (χ4n) is 3.77. The molecule has 3 N–H and O–H groups in total. The van der Waals surface area contributed by atoms with E-state index in [9.17, 15) is 4.79 Å². The second-order valence-electron chi connectivity index (χ2n) is 7.16. The van der Waals surface area contributed by atoms with Gasteiger partial charge < -0.3 is 11.1 Å². The molecule has 0 saturated heterocycles. The van der Waals surface area contributed by atoms with E-state index in [0.717, 1.165) is 33.5 Å². The van der Waals surface area contributed by atoms with Gasteiger partial charge in [-0.15, -0.1) is 5.10 Å². The minimum Gasteiger partial charge on any atom is -0.366 e. The van der Waals surface area contributed by atoms with Gasteiger partial charge in [0.15, 0.2) is 5.82 Å². The minimum absolute atomic E-state index is 0.454. The lowest BCUT2D eigenvalue weighted by Crippen LogP contribution is -2.12. The Bertz CT molecular complexity index is 1380. The summed E-state index contributed by atoms with van der Waals surface area (Å²) >= 11 is 0. The van der Waals surface area contributed by atoms with Crippen LogP contribution in [0.1, 0.15) is 21.6 Å². The number of rotatable bonds is 5. The van der Waals surface area contributed by atoms with Gasteiger partial charge in [-0.3, -0.25) is 9.36 Å². The summed E-state index contributed by atoms with van der Waals surface area (Å²) in [4.78, 5) is 16.7. The van der Waals surface area contributed by atoms with Gasteiger partial charge in [-0.1, -0.05) is 36.4 Å². The van der Waals surface area contributed by atoms with Gasteiger partial charge >= 0.3 is 0 Å². The Hall–Kier alpha value is -4.13. The standard InChI is InChI=1S/C23H20N6O/c1-15-13-18-17(21(24)30)9-5-10-19(18)29(15)23-26-22(20-11-6-12-28(20)27-23)25-14-16-7-3-2-4-8-16/h2-13H,14H2,1H3,(H2,24,30)(H,25,26,27). The average molecular weight is 396 g/mol. The molecule has 0 aliphatic heterocycles. The zero-order chi connectivity index (χ0) is 20.7. The number of nitrogens with two attached hydrogens (primary N) is 1. The van der Waals surface area contributed by atoms with Gasteiger partial charge in [-0.25, -0.2) is 4.52 Å². The lowest BCUT2D eigenvalue weighted by Gasteiger charge is -2.12. The Morgan fingerprint density at radius 1 is 1.03 bits per heavy atom. The predicted molar refractivity (Wildman–Crippen MR) is 117 cm³/mol. The summed E-state index contributed by atoms with van der Waals surface area (Å²) < 4.78 is 3.74.